The van der Waals surface area contributed by atoms with Crippen molar-refractivity contribution >= 4 is 27.0 Å². The first-order valence-corrected chi connectivity index (χ1v) is 6.26. The monoisotopic (exact) mass is 305 g/mol. The molecule has 18 heavy (non-hydrogen) atoms. The van der Waals surface area contributed by atoms with Crippen LogP contribution in [0, 0.1) is 5.82 Å². The molecule has 2 aromatic carbocycles. The minimum Gasteiger partial charge on any atom is -0.240 e. The fourth-order valence-corrected chi connectivity index (χ4v) is 2.30. The quantitative estimate of drug-likeness (QED) is 0.726. The first-order valence-electron chi connectivity index (χ1n) is 5.47. The van der Waals surface area contributed by atoms with E-state index < -0.39 is 0 Å². The Hall–Kier alpha value is -1.75. The Morgan fingerprint density at radius 1 is 1.11 bits per heavy atom. The number of benzene rings is 2. The third-order valence-corrected chi connectivity index (χ3v) is 3.41. The standard InChI is InChI=1S/C13H9BrFN3/c14-10-5-3-7-12-13(10)16-17-18(12)8-9-4-1-2-6-11(9)15/h1-7H,8H2. The first-order chi connectivity index (χ1) is 8.75. The van der Waals surface area contributed by atoms with Gasteiger partial charge in [0.05, 0.1) is 12.1 Å². The van der Waals surface area contributed by atoms with Crippen molar-refractivity contribution in [3.05, 3.63) is 58.3 Å². The predicted molar refractivity (Wildman–Crippen MR) is 70.7 cm³/mol. The average Bonchev–Trinajstić information content (AvgIpc) is 2.77. The van der Waals surface area contributed by atoms with Crippen LogP contribution in [0.2, 0.25) is 0 Å². The van der Waals surface area contributed by atoms with Crippen LogP contribution in [-0.4, -0.2) is 15.0 Å². The van der Waals surface area contributed by atoms with Crippen LogP contribution in [0.5, 0.6) is 0 Å². The third-order valence-electron chi connectivity index (χ3n) is 2.77. The lowest BCUT2D eigenvalue weighted by atomic mass is 10.2. The van der Waals surface area contributed by atoms with Crippen LogP contribution in [0.1, 0.15) is 5.56 Å². The Kier molecular flexibility index (Phi) is 2.83. The maximum absolute atomic E-state index is 13.6. The molecular weight excluding hydrogens is 297 g/mol. The second-order valence-electron chi connectivity index (χ2n) is 3.95. The van der Waals surface area contributed by atoms with Crippen LogP contribution in [-0.2, 0) is 6.54 Å². The van der Waals surface area contributed by atoms with E-state index in [1.165, 1.54) is 6.07 Å². The molecule has 0 unspecified atom stereocenters. The van der Waals surface area contributed by atoms with Crippen molar-refractivity contribution in [3.63, 3.8) is 0 Å². The fraction of sp³-hybridized carbons (Fsp3) is 0.0769. The second kappa shape index (κ2) is 4.49. The Balaban J connectivity index is 2.06. The highest BCUT2D eigenvalue weighted by Crippen LogP contribution is 2.21. The number of halogens is 2. The van der Waals surface area contributed by atoms with Gasteiger partial charge in [-0.05, 0) is 34.1 Å². The molecule has 0 atom stereocenters. The summed E-state index contributed by atoms with van der Waals surface area (Å²) in [5.41, 5.74) is 2.27. The molecule has 0 radical (unpaired) electrons. The highest BCUT2D eigenvalue weighted by atomic mass is 79.9. The lowest BCUT2D eigenvalue weighted by molar-refractivity contribution is 0.583. The summed E-state index contributed by atoms with van der Waals surface area (Å²) in [6, 6.07) is 12.4. The zero-order valence-electron chi connectivity index (χ0n) is 9.35. The van der Waals surface area contributed by atoms with E-state index in [9.17, 15) is 4.39 Å². The minimum atomic E-state index is -0.226. The van der Waals surface area contributed by atoms with Crippen LogP contribution in [0.4, 0.5) is 4.39 Å². The fourth-order valence-electron chi connectivity index (χ4n) is 1.86. The predicted octanol–water partition coefficient (Wildman–Crippen LogP) is 3.38. The van der Waals surface area contributed by atoms with E-state index in [0.29, 0.717) is 12.1 Å². The topological polar surface area (TPSA) is 30.7 Å². The van der Waals surface area contributed by atoms with E-state index in [1.54, 1.807) is 16.8 Å². The summed E-state index contributed by atoms with van der Waals surface area (Å²) >= 11 is 3.42. The molecule has 0 saturated carbocycles. The van der Waals surface area contributed by atoms with Gasteiger partial charge in [-0.25, -0.2) is 9.07 Å². The Morgan fingerprint density at radius 2 is 1.94 bits per heavy atom. The van der Waals surface area contributed by atoms with E-state index in [0.717, 1.165) is 15.5 Å². The number of rotatable bonds is 2. The van der Waals surface area contributed by atoms with Gasteiger partial charge in [0.2, 0.25) is 0 Å². The molecule has 1 aromatic heterocycles. The van der Waals surface area contributed by atoms with Crippen molar-refractivity contribution in [2.24, 2.45) is 0 Å². The van der Waals surface area contributed by atoms with E-state index in [2.05, 4.69) is 26.2 Å². The van der Waals surface area contributed by atoms with Gasteiger partial charge in [0, 0.05) is 10.0 Å². The maximum Gasteiger partial charge on any atom is 0.128 e. The molecule has 0 saturated heterocycles. The van der Waals surface area contributed by atoms with Gasteiger partial charge in [-0.3, -0.25) is 0 Å². The van der Waals surface area contributed by atoms with Crippen LogP contribution in [0.15, 0.2) is 46.9 Å². The van der Waals surface area contributed by atoms with Crippen molar-refractivity contribution < 1.29 is 4.39 Å². The van der Waals surface area contributed by atoms with E-state index in [1.807, 2.05) is 24.3 Å². The summed E-state index contributed by atoms with van der Waals surface area (Å²) in [4.78, 5) is 0. The van der Waals surface area contributed by atoms with Gasteiger partial charge in [-0.2, -0.15) is 0 Å². The molecular formula is C13H9BrFN3. The molecule has 0 aliphatic heterocycles. The van der Waals surface area contributed by atoms with Gasteiger partial charge in [-0.15, -0.1) is 5.10 Å². The molecule has 1 heterocycles. The average molecular weight is 306 g/mol. The van der Waals surface area contributed by atoms with Crippen molar-refractivity contribution in [1.29, 1.82) is 0 Å². The van der Waals surface area contributed by atoms with Crippen LogP contribution < -0.4 is 0 Å². The molecule has 5 heteroatoms. The van der Waals surface area contributed by atoms with Crippen LogP contribution >= 0.6 is 15.9 Å². The summed E-state index contributed by atoms with van der Waals surface area (Å²) in [6.07, 6.45) is 0. The lowest BCUT2D eigenvalue weighted by Gasteiger charge is -2.03. The van der Waals surface area contributed by atoms with E-state index in [4.69, 9.17) is 0 Å². The van der Waals surface area contributed by atoms with Crippen molar-refractivity contribution in [2.75, 3.05) is 0 Å². The van der Waals surface area contributed by atoms with Gasteiger partial charge in [0.1, 0.15) is 11.3 Å². The van der Waals surface area contributed by atoms with Crippen molar-refractivity contribution in [3.8, 4) is 0 Å². The molecule has 0 aliphatic rings. The molecule has 0 amide bonds. The zero-order valence-corrected chi connectivity index (χ0v) is 10.9. The molecule has 90 valence electrons. The molecule has 0 spiro atoms. The number of nitrogens with zero attached hydrogens (tertiary/aromatic N) is 3. The van der Waals surface area contributed by atoms with E-state index in [-0.39, 0.29) is 5.82 Å². The normalized spacial score (nSPS) is 11.0. The summed E-state index contributed by atoms with van der Waals surface area (Å²) in [5.74, 6) is -0.226. The van der Waals surface area contributed by atoms with Crippen LogP contribution in [0.25, 0.3) is 11.0 Å². The van der Waals surface area contributed by atoms with Crippen molar-refractivity contribution in [1.82, 2.24) is 15.0 Å². The van der Waals surface area contributed by atoms with E-state index >= 15 is 0 Å². The number of hydrogen-bond acceptors (Lipinski definition) is 2. The summed E-state index contributed by atoms with van der Waals surface area (Å²) in [5, 5.41) is 8.15. The maximum atomic E-state index is 13.6. The Morgan fingerprint density at radius 3 is 2.78 bits per heavy atom. The number of fused-ring (bicyclic) bond motifs is 1. The van der Waals surface area contributed by atoms with Gasteiger partial charge in [0.25, 0.3) is 0 Å². The van der Waals surface area contributed by atoms with Gasteiger partial charge in [-0.1, -0.05) is 29.5 Å². The summed E-state index contributed by atoms with van der Waals surface area (Å²) in [6.45, 7) is 0.375. The molecule has 0 N–H and O–H groups in total. The molecule has 3 nitrogen and oxygen atoms in total. The smallest absolute Gasteiger partial charge is 0.128 e. The molecule has 3 rings (SSSR count). The van der Waals surface area contributed by atoms with Gasteiger partial charge >= 0.3 is 0 Å². The SMILES string of the molecule is Fc1ccccc1Cn1nnc2c(Br)cccc21. The lowest BCUT2D eigenvalue weighted by Crippen LogP contribution is -2.03. The van der Waals surface area contributed by atoms with Gasteiger partial charge < -0.3 is 0 Å². The summed E-state index contributed by atoms with van der Waals surface area (Å²) in [7, 11) is 0. The summed E-state index contributed by atoms with van der Waals surface area (Å²) < 4.78 is 16.2. The first kappa shape index (κ1) is 11.3. The number of aromatic nitrogens is 3. The Bertz CT molecular complexity index is 708. The number of hydrogen-bond donors (Lipinski definition) is 0. The third kappa shape index (κ3) is 1.90. The minimum absolute atomic E-state index is 0.226. The molecule has 3 aromatic rings. The van der Waals surface area contributed by atoms with Gasteiger partial charge in [0.15, 0.2) is 0 Å². The van der Waals surface area contributed by atoms with Crippen LogP contribution in [0.3, 0.4) is 0 Å². The van der Waals surface area contributed by atoms with Crippen molar-refractivity contribution in [2.45, 2.75) is 6.54 Å². The highest BCUT2D eigenvalue weighted by Gasteiger charge is 2.09. The molecule has 0 bridgehead atoms. The highest BCUT2D eigenvalue weighted by molar-refractivity contribution is 9.10. The molecule has 0 fully saturated rings. The zero-order chi connectivity index (χ0) is 12.5. The Labute approximate surface area is 111 Å². The second-order valence-corrected chi connectivity index (χ2v) is 4.80. The molecule has 0 aliphatic carbocycles. The largest absolute Gasteiger partial charge is 0.240 e.